The van der Waals surface area contributed by atoms with Crippen molar-refractivity contribution >= 4 is 11.1 Å². The van der Waals surface area contributed by atoms with E-state index in [-0.39, 0.29) is 5.56 Å². The summed E-state index contributed by atoms with van der Waals surface area (Å²) >= 11 is 0. The van der Waals surface area contributed by atoms with Gasteiger partial charge >= 0.3 is 5.76 Å². The van der Waals surface area contributed by atoms with Crippen LogP contribution in [-0.4, -0.2) is 33.9 Å². The first-order valence-electron chi connectivity index (χ1n) is 13.7. The molecule has 41 heavy (non-hydrogen) atoms. The van der Waals surface area contributed by atoms with E-state index < -0.39 is 5.76 Å². The van der Waals surface area contributed by atoms with Crippen LogP contribution in [0, 0.1) is 6.92 Å². The maximum atomic E-state index is 14.0. The number of aromatic nitrogens is 4. The van der Waals surface area contributed by atoms with Crippen LogP contribution in [-0.2, 0) is 12.8 Å². The van der Waals surface area contributed by atoms with Gasteiger partial charge in [-0.2, -0.15) is 0 Å². The molecule has 9 heteroatoms. The molecule has 214 valence electrons. The Morgan fingerprint density at radius 2 is 1.71 bits per heavy atom. The Bertz CT molecular complexity index is 1690. The van der Waals surface area contributed by atoms with Crippen molar-refractivity contribution < 1.29 is 14.0 Å². The fourth-order valence-corrected chi connectivity index (χ4v) is 4.96. The lowest BCUT2D eigenvalue weighted by atomic mass is 9.94. The molecule has 0 unspecified atom stereocenters. The molecular weight excluding hydrogens is 520 g/mol. The summed E-state index contributed by atoms with van der Waals surface area (Å²) in [5.41, 5.74) is 5.67. The second-order valence-corrected chi connectivity index (χ2v) is 9.59. The number of methoxy groups -OCH3 is 2. The lowest BCUT2D eigenvalue weighted by molar-refractivity contribution is 0.355. The van der Waals surface area contributed by atoms with Gasteiger partial charge in [-0.1, -0.05) is 54.9 Å². The minimum absolute atomic E-state index is 0.0970. The van der Waals surface area contributed by atoms with Crippen LogP contribution < -0.4 is 20.8 Å². The normalized spacial score (nSPS) is 12.0. The van der Waals surface area contributed by atoms with Gasteiger partial charge in [0.05, 0.1) is 25.6 Å². The molecule has 0 aliphatic carbocycles. The molecule has 2 aromatic carbocycles. The second-order valence-electron chi connectivity index (χ2n) is 9.59. The maximum absolute atomic E-state index is 14.0. The molecular formula is C32H36N4O5. The Morgan fingerprint density at radius 1 is 1.00 bits per heavy atom. The first-order valence-corrected chi connectivity index (χ1v) is 13.7. The molecule has 0 aliphatic heterocycles. The van der Waals surface area contributed by atoms with Gasteiger partial charge in [-0.25, -0.2) is 9.78 Å². The van der Waals surface area contributed by atoms with Crippen molar-refractivity contribution in [2.75, 3.05) is 14.2 Å². The fourth-order valence-electron chi connectivity index (χ4n) is 4.96. The minimum atomic E-state index is -0.602. The summed E-state index contributed by atoms with van der Waals surface area (Å²) in [5.74, 6) is 1.52. The quantitative estimate of drug-likeness (QED) is 0.237. The second kappa shape index (κ2) is 13.1. The smallest absolute Gasteiger partial charge is 0.439 e. The van der Waals surface area contributed by atoms with Crippen molar-refractivity contribution in [3.05, 3.63) is 110 Å². The van der Waals surface area contributed by atoms with Gasteiger partial charge in [0.1, 0.15) is 5.82 Å². The highest BCUT2D eigenvalue weighted by atomic mass is 16.5. The molecule has 0 aliphatic rings. The molecule has 4 aromatic rings. The summed E-state index contributed by atoms with van der Waals surface area (Å²) in [6.07, 6.45) is 6.97. The third kappa shape index (κ3) is 6.24. The standard InChI is InChI=1S/C32H36N4O5/c1-7-10-11-27-26(31(37)36(20(4)33-27)23-16-17-28(39-5)29(19-23)40-6)18-21-12-14-22(15-13-21)24(8-2)25(9-3)30-34-32(38)41-35-30/h8-9,12-17,19H,7,10-11,18H2,1-6H3,(H,34,35,38)/b24-8-,25-9+. The van der Waals surface area contributed by atoms with Crippen molar-refractivity contribution in [3.63, 3.8) is 0 Å². The molecule has 0 amide bonds. The average Bonchev–Trinajstić information content (AvgIpc) is 3.42. The number of benzene rings is 2. The van der Waals surface area contributed by atoms with E-state index in [2.05, 4.69) is 17.1 Å². The molecule has 0 saturated carbocycles. The monoisotopic (exact) mass is 556 g/mol. The van der Waals surface area contributed by atoms with E-state index in [0.717, 1.165) is 47.2 Å². The van der Waals surface area contributed by atoms with Crippen LogP contribution in [0.4, 0.5) is 0 Å². The minimum Gasteiger partial charge on any atom is -0.493 e. The van der Waals surface area contributed by atoms with E-state index in [9.17, 15) is 9.59 Å². The van der Waals surface area contributed by atoms with Gasteiger partial charge in [-0.3, -0.25) is 18.9 Å². The van der Waals surface area contributed by atoms with Crippen LogP contribution in [0.15, 0.2) is 68.7 Å². The maximum Gasteiger partial charge on any atom is 0.439 e. The lowest BCUT2D eigenvalue weighted by Gasteiger charge is -2.17. The molecule has 0 fully saturated rings. The SMILES string of the molecule is C/C=C(\C(=C/C)c1noc(=O)[nH]1)c1ccc(Cc2c(CCCC)nc(C)n(-c3ccc(OC)c(OC)c3)c2=O)cc1. The Balaban J connectivity index is 1.73. The highest BCUT2D eigenvalue weighted by Crippen LogP contribution is 2.31. The third-order valence-electron chi connectivity index (χ3n) is 7.03. The first-order chi connectivity index (χ1) is 19.8. The van der Waals surface area contributed by atoms with Crippen LogP contribution in [0.1, 0.15) is 67.6 Å². The summed E-state index contributed by atoms with van der Waals surface area (Å²) in [4.78, 5) is 33.1. The van der Waals surface area contributed by atoms with Crippen molar-refractivity contribution in [3.8, 4) is 17.2 Å². The van der Waals surface area contributed by atoms with Crippen molar-refractivity contribution in [2.45, 2.75) is 53.4 Å². The Morgan fingerprint density at radius 3 is 2.29 bits per heavy atom. The van der Waals surface area contributed by atoms with E-state index in [1.54, 1.807) is 30.9 Å². The molecule has 0 atom stereocenters. The molecule has 0 saturated heterocycles. The Hall–Kier alpha value is -4.66. The van der Waals surface area contributed by atoms with Crippen LogP contribution >= 0.6 is 0 Å². The van der Waals surface area contributed by atoms with Crippen LogP contribution in [0.25, 0.3) is 16.8 Å². The lowest BCUT2D eigenvalue weighted by Crippen LogP contribution is -2.28. The molecule has 2 aromatic heterocycles. The average molecular weight is 557 g/mol. The summed E-state index contributed by atoms with van der Waals surface area (Å²) < 4.78 is 17.2. The van der Waals surface area contributed by atoms with Gasteiger partial charge in [0, 0.05) is 23.6 Å². The van der Waals surface area contributed by atoms with Crippen LogP contribution in [0.3, 0.4) is 0 Å². The molecule has 2 heterocycles. The number of unbranched alkanes of at least 4 members (excludes halogenated alkanes) is 1. The molecule has 0 bridgehead atoms. The topological polar surface area (TPSA) is 112 Å². The van der Waals surface area contributed by atoms with E-state index >= 15 is 0 Å². The van der Waals surface area contributed by atoms with Gasteiger partial charge in [-0.05, 0) is 62.4 Å². The van der Waals surface area contributed by atoms with Gasteiger partial charge in [0.2, 0.25) is 0 Å². The number of ether oxygens (including phenoxy) is 2. The number of nitrogens with one attached hydrogen (secondary N) is 1. The number of hydrogen-bond acceptors (Lipinski definition) is 7. The molecule has 4 rings (SSSR count). The summed E-state index contributed by atoms with van der Waals surface area (Å²) in [6, 6.07) is 13.5. The van der Waals surface area contributed by atoms with Crippen molar-refractivity contribution in [2.24, 2.45) is 0 Å². The highest BCUT2D eigenvalue weighted by molar-refractivity contribution is 6.03. The number of rotatable bonds is 11. The van der Waals surface area contributed by atoms with E-state index in [0.29, 0.717) is 40.8 Å². The van der Waals surface area contributed by atoms with E-state index in [4.69, 9.17) is 19.0 Å². The molecule has 0 radical (unpaired) electrons. The van der Waals surface area contributed by atoms with Gasteiger partial charge < -0.3 is 9.47 Å². The van der Waals surface area contributed by atoms with Crippen molar-refractivity contribution in [1.82, 2.24) is 19.7 Å². The highest BCUT2D eigenvalue weighted by Gasteiger charge is 2.18. The molecule has 1 N–H and O–H groups in total. The molecule has 0 spiro atoms. The zero-order chi connectivity index (χ0) is 29.5. The largest absolute Gasteiger partial charge is 0.493 e. The summed E-state index contributed by atoms with van der Waals surface area (Å²) in [7, 11) is 3.15. The number of hydrogen-bond donors (Lipinski definition) is 1. The van der Waals surface area contributed by atoms with Crippen molar-refractivity contribution in [1.29, 1.82) is 0 Å². The summed E-state index contributed by atoms with van der Waals surface area (Å²) in [6.45, 7) is 7.79. The van der Waals surface area contributed by atoms with Crippen LogP contribution in [0.2, 0.25) is 0 Å². The van der Waals surface area contributed by atoms with Gasteiger partial charge in [-0.15, -0.1) is 0 Å². The predicted molar refractivity (Wildman–Crippen MR) is 160 cm³/mol. The summed E-state index contributed by atoms with van der Waals surface area (Å²) in [5, 5.41) is 3.85. The predicted octanol–water partition coefficient (Wildman–Crippen LogP) is 5.67. The number of aryl methyl sites for hydroxylation is 2. The van der Waals surface area contributed by atoms with E-state index in [1.165, 1.54) is 0 Å². The van der Waals surface area contributed by atoms with Gasteiger partial charge in [0.25, 0.3) is 5.56 Å². The van der Waals surface area contributed by atoms with E-state index in [1.807, 2.05) is 63.3 Å². The zero-order valence-corrected chi connectivity index (χ0v) is 24.4. The Labute approximate surface area is 239 Å². The first kappa shape index (κ1) is 29.3. The number of aromatic amines is 1. The number of nitrogens with zero attached hydrogens (tertiary/aromatic N) is 3. The van der Waals surface area contributed by atoms with Gasteiger partial charge in [0.15, 0.2) is 17.3 Å². The molecule has 9 nitrogen and oxygen atoms in total. The van der Waals surface area contributed by atoms with Crippen LogP contribution in [0.5, 0.6) is 11.5 Å². The zero-order valence-electron chi connectivity index (χ0n) is 24.4. The number of H-pyrrole nitrogens is 1. The third-order valence-corrected chi connectivity index (χ3v) is 7.03. The number of allylic oxidation sites excluding steroid dienone is 4. The fraction of sp³-hybridized carbons (Fsp3) is 0.312. The Kier molecular flexibility index (Phi) is 9.39.